The molecule has 0 atom stereocenters. The van der Waals surface area contributed by atoms with E-state index < -0.39 is 29.6 Å². The lowest BCUT2D eigenvalue weighted by atomic mass is 10.2. The number of nitrogens with zero attached hydrogens (tertiary/aromatic N) is 1. The Kier molecular flexibility index (Phi) is 6.05. The third-order valence-electron chi connectivity index (χ3n) is 3.82. The Labute approximate surface area is 168 Å². The summed E-state index contributed by atoms with van der Waals surface area (Å²) in [5.41, 5.74) is 6.48. The van der Waals surface area contributed by atoms with Crippen molar-refractivity contribution in [2.24, 2.45) is 0 Å². The van der Waals surface area contributed by atoms with E-state index in [0.29, 0.717) is 5.56 Å². The van der Waals surface area contributed by atoms with E-state index in [0.717, 1.165) is 12.1 Å². The van der Waals surface area contributed by atoms with Gasteiger partial charge < -0.3 is 20.5 Å². The van der Waals surface area contributed by atoms with E-state index in [-0.39, 0.29) is 23.7 Å². The van der Waals surface area contributed by atoms with Gasteiger partial charge in [-0.3, -0.25) is 4.79 Å². The number of pyridine rings is 1. The lowest BCUT2D eigenvalue weighted by Gasteiger charge is -2.13. The van der Waals surface area contributed by atoms with Crippen molar-refractivity contribution in [1.82, 2.24) is 10.3 Å². The molecule has 0 aliphatic carbocycles. The van der Waals surface area contributed by atoms with Gasteiger partial charge in [-0.1, -0.05) is 18.2 Å². The molecular weight excluding hydrogens is 406 g/mol. The Hall–Kier alpha value is -3.82. The standard InChI is InChI=1S/C20H15F4N3O3/c21-17-15(7-2-8-16(17)30-20(22,23)24)29-13-5-1-4-12(10-13)11-27-19(28)14-6-3-9-26-18(14)25/h1-10H,11H2,(H2,25,26)(H,27,28). The van der Waals surface area contributed by atoms with Crippen molar-refractivity contribution >= 4 is 11.7 Å². The molecule has 6 nitrogen and oxygen atoms in total. The molecular formula is C20H15F4N3O3. The number of ether oxygens (including phenoxy) is 2. The van der Waals surface area contributed by atoms with Crippen LogP contribution in [0.1, 0.15) is 15.9 Å². The number of hydrogen-bond donors (Lipinski definition) is 2. The number of carbonyl (C=O) groups is 1. The predicted molar refractivity (Wildman–Crippen MR) is 99.4 cm³/mol. The van der Waals surface area contributed by atoms with Crippen molar-refractivity contribution in [2.75, 3.05) is 5.73 Å². The highest BCUT2D eigenvalue weighted by Gasteiger charge is 2.33. The van der Waals surface area contributed by atoms with Crippen LogP contribution in [0.2, 0.25) is 0 Å². The molecule has 3 N–H and O–H groups in total. The minimum atomic E-state index is -5.03. The van der Waals surface area contributed by atoms with Crippen molar-refractivity contribution in [1.29, 1.82) is 0 Å². The smallest absolute Gasteiger partial charge is 0.454 e. The van der Waals surface area contributed by atoms with Gasteiger partial charge in [0.15, 0.2) is 11.5 Å². The summed E-state index contributed by atoms with van der Waals surface area (Å²) in [5.74, 6) is -2.93. The quantitative estimate of drug-likeness (QED) is 0.576. The first-order valence-electron chi connectivity index (χ1n) is 8.52. The van der Waals surface area contributed by atoms with Gasteiger partial charge in [-0.25, -0.2) is 4.98 Å². The van der Waals surface area contributed by atoms with Crippen LogP contribution in [0.4, 0.5) is 23.4 Å². The zero-order valence-corrected chi connectivity index (χ0v) is 15.2. The minimum Gasteiger partial charge on any atom is -0.454 e. The van der Waals surface area contributed by atoms with E-state index in [2.05, 4.69) is 15.0 Å². The van der Waals surface area contributed by atoms with Gasteiger partial charge in [-0.15, -0.1) is 13.2 Å². The van der Waals surface area contributed by atoms with Crippen LogP contribution in [0.15, 0.2) is 60.8 Å². The van der Waals surface area contributed by atoms with Crippen LogP contribution in [0.5, 0.6) is 17.2 Å². The van der Waals surface area contributed by atoms with Gasteiger partial charge in [0.1, 0.15) is 11.6 Å². The number of nitrogens with one attached hydrogen (secondary N) is 1. The molecule has 3 rings (SSSR count). The number of benzene rings is 2. The second-order valence-electron chi connectivity index (χ2n) is 5.98. The topological polar surface area (TPSA) is 86.5 Å². The zero-order chi connectivity index (χ0) is 21.7. The maximum Gasteiger partial charge on any atom is 0.573 e. The maximum absolute atomic E-state index is 14.2. The summed E-state index contributed by atoms with van der Waals surface area (Å²) >= 11 is 0. The summed E-state index contributed by atoms with van der Waals surface area (Å²) in [5, 5.41) is 2.66. The highest BCUT2D eigenvalue weighted by Crippen LogP contribution is 2.33. The van der Waals surface area contributed by atoms with E-state index >= 15 is 0 Å². The van der Waals surface area contributed by atoms with Crippen molar-refractivity contribution in [3.63, 3.8) is 0 Å². The number of carbonyl (C=O) groups excluding carboxylic acids is 1. The normalized spacial score (nSPS) is 11.1. The van der Waals surface area contributed by atoms with Gasteiger partial charge in [0.05, 0.1) is 5.56 Å². The van der Waals surface area contributed by atoms with E-state index in [1.165, 1.54) is 30.5 Å². The number of rotatable bonds is 6. The number of nitrogen functional groups attached to an aromatic ring is 1. The highest BCUT2D eigenvalue weighted by molar-refractivity contribution is 5.98. The van der Waals surface area contributed by atoms with Crippen LogP contribution in [-0.4, -0.2) is 17.3 Å². The van der Waals surface area contributed by atoms with Gasteiger partial charge >= 0.3 is 6.36 Å². The predicted octanol–water partition coefficient (Wildman–Crippen LogP) is 4.42. The maximum atomic E-state index is 14.2. The van der Waals surface area contributed by atoms with Crippen molar-refractivity contribution in [3.8, 4) is 17.2 Å². The Bertz CT molecular complexity index is 1060. The Morgan fingerprint density at radius 3 is 2.53 bits per heavy atom. The van der Waals surface area contributed by atoms with E-state index in [1.807, 2.05) is 0 Å². The van der Waals surface area contributed by atoms with Crippen LogP contribution in [0.25, 0.3) is 0 Å². The Morgan fingerprint density at radius 2 is 1.80 bits per heavy atom. The van der Waals surface area contributed by atoms with E-state index in [4.69, 9.17) is 10.5 Å². The summed E-state index contributed by atoms with van der Waals surface area (Å²) in [7, 11) is 0. The molecule has 0 radical (unpaired) electrons. The molecule has 156 valence electrons. The fraction of sp³-hybridized carbons (Fsp3) is 0.100. The summed E-state index contributed by atoms with van der Waals surface area (Å²) in [6.45, 7) is 0.101. The van der Waals surface area contributed by atoms with Crippen LogP contribution in [0.3, 0.4) is 0 Å². The van der Waals surface area contributed by atoms with Gasteiger partial charge in [0.2, 0.25) is 5.82 Å². The van der Waals surface area contributed by atoms with E-state index in [1.54, 1.807) is 18.2 Å². The first kappa shape index (κ1) is 20.9. The summed E-state index contributed by atoms with van der Waals surface area (Å²) in [6.07, 6.45) is -3.57. The van der Waals surface area contributed by atoms with Crippen molar-refractivity contribution in [2.45, 2.75) is 12.9 Å². The fourth-order valence-electron chi connectivity index (χ4n) is 2.51. The molecule has 1 aromatic heterocycles. The van der Waals surface area contributed by atoms with Gasteiger partial charge in [-0.2, -0.15) is 4.39 Å². The zero-order valence-electron chi connectivity index (χ0n) is 15.2. The molecule has 0 aliphatic rings. The number of hydrogen-bond acceptors (Lipinski definition) is 5. The molecule has 3 aromatic rings. The monoisotopic (exact) mass is 421 g/mol. The molecule has 10 heteroatoms. The van der Waals surface area contributed by atoms with Crippen LogP contribution < -0.4 is 20.5 Å². The number of nitrogens with two attached hydrogens (primary N) is 1. The molecule has 0 saturated carbocycles. The summed E-state index contributed by atoms with van der Waals surface area (Å²) in [4.78, 5) is 16.0. The Morgan fingerprint density at radius 1 is 1.07 bits per heavy atom. The van der Waals surface area contributed by atoms with Gasteiger partial charge in [0, 0.05) is 12.7 Å². The largest absolute Gasteiger partial charge is 0.573 e. The van der Waals surface area contributed by atoms with Crippen LogP contribution in [0, 0.1) is 5.82 Å². The minimum absolute atomic E-state index is 0.0866. The molecule has 0 aliphatic heterocycles. The number of aromatic nitrogens is 1. The molecule has 0 spiro atoms. The lowest BCUT2D eigenvalue weighted by molar-refractivity contribution is -0.275. The van der Waals surface area contributed by atoms with Crippen LogP contribution >= 0.6 is 0 Å². The molecule has 2 aromatic carbocycles. The number of amides is 1. The number of halogens is 4. The molecule has 1 amide bonds. The second-order valence-corrected chi connectivity index (χ2v) is 5.98. The molecule has 1 heterocycles. The van der Waals surface area contributed by atoms with Crippen molar-refractivity contribution in [3.05, 3.63) is 77.7 Å². The third-order valence-corrected chi connectivity index (χ3v) is 3.82. The summed E-state index contributed by atoms with van der Waals surface area (Å²) in [6, 6.07) is 12.5. The number of alkyl halides is 3. The highest BCUT2D eigenvalue weighted by atomic mass is 19.4. The second kappa shape index (κ2) is 8.68. The molecule has 30 heavy (non-hydrogen) atoms. The lowest BCUT2D eigenvalue weighted by Crippen LogP contribution is -2.24. The number of anilines is 1. The van der Waals surface area contributed by atoms with Crippen LogP contribution in [-0.2, 0) is 6.54 Å². The molecule has 0 fully saturated rings. The van der Waals surface area contributed by atoms with Crippen molar-refractivity contribution < 1.29 is 31.8 Å². The average Bonchev–Trinajstić information content (AvgIpc) is 2.69. The van der Waals surface area contributed by atoms with E-state index in [9.17, 15) is 22.4 Å². The molecule has 0 unspecified atom stereocenters. The molecule has 0 bridgehead atoms. The van der Waals surface area contributed by atoms with Gasteiger partial charge in [0.25, 0.3) is 5.91 Å². The average molecular weight is 421 g/mol. The first-order chi connectivity index (χ1) is 14.2. The third kappa shape index (κ3) is 5.37. The first-order valence-corrected chi connectivity index (χ1v) is 8.52. The molecule has 0 saturated heterocycles. The SMILES string of the molecule is Nc1ncccc1C(=O)NCc1cccc(Oc2cccc(OC(F)(F)F)c2F)c1. The Balaban J connectivity index is 1.70. The van der Waals surface area contributed by atoms with Gasteiger partial charge in [-0.05, 0) is 42.0 Å². The fourth-order valence-corrected chi connectivity index (χ4v) is 2.51. The summed E-state index contributed by atoms with van der Waals surface area (Å²) < 4.78 is 60.3.